The molecule has 0 aromatic heterocycles. The second-order valence-corrected chi connectivity index (χ2v) is 12.0. The van der Waals surface area contributed by atoms with Gasteiger partial charge in [0.15, 0.2) is 0 Å². The summed E-state index contributed by atoms with van der Waals surface area (Å²) in [6.07, 6.45) is 0. The molecule has 0 aliphatic carbocycles. The van der Waals surface area contributed by atoms with Crippen molar-refractivity contribution in [1.29, 1.82) is 0 Å². The highest BCUT2D eigenvalue weighted by atomic mass is 14.9. The molecule has 2 nitrogen and oxygen atoms in total. The predicted molar refractivity (Wildman–Crippen MR) is 205 cm³/mol. The van der Waals surface area contributed by atoms with Gasteiger partial charge in [-0.15, -0.1) is 0 Å². The van der Waals surface area contributed by atoms with E-state index in [2.05, 4.69) is 199 Å². The van der Waals surface area contributed by atoms with Crippen LogP contribution < -0.4 is 10.6 Å². The van der Waals surface area contributed by atoms with Crippen LogP contribution >= 0.6 is 0 Å². The first-order valence-electron chi connectivity index (χ1n) is 16.4. The van der Waals surface area contributed by atoms with Crippen LogP contribution in [0.5, 0.6) is 0 Å². The molecule has 0 aliphatic heterocycles. The van der Waals surface area contributed by atoms with Crippen LogP contribution in [0.1, 0.15) is 0 Å². The quantitative estimate of drug-likeness (QED) is 0.178. The Bertz CT molecular complexity index is 2320. The first-order chi connectivity index (χ1) is 23.8. The number of hydrogen-bond donors (Lipinski definition) is 2. The van der Waals surface area contributed by atoms with Gasteiger partial charge in [0.1, 0.15) is 0 Å². The highest BCUT2D eigenvalue weighted by molar-refractivity contribution is 5.97. The maximum Gasteiger partial charge on any atom is 0.0464 e. The number of hydrogen-bond acceptors (Lipinski definition) is 2. The van der Waals surface area contributed by atoms with E-state index in [1.807, 2.05) is 6.07 Å². The molecule has 2 N–H and O–H groups in total. The molecule has 0 amide bonds. The standard InChI is InChI=1S/C46H34N2/c1-4-14-34(15-5-1)42-31-38(26-28-45(42)47-40-22-8-3-9-23-40)36-20-12-21-37(30-36)39-27-29-46(43(32-39)35-16-6-2-7-17-35)48-44-25-13-19-33-18-10-11-24-41(33)44/h1-32,47-48H. The number of nitrogens with one attached hydrogen (secondary N) is 2. The third-order valence-corrected chi connectivity index (χ3v) is 8.85. The Hall–Kier alpha value is -6.38. The summed E-state index contributed by atoms with van der Waals surface area (Å²) in [7, 11) is 0. The molecule has 0 saturated carbocycles. The van der Waals surface area contributed by atoms with E-state index in [1.54, 1.807) is 0 Å². The molecule has 0 atom stereocenters. The SMILES string of the molecule is c1ccc(Nc2ccc(-c3cccc(-c4ccc(Nc5cccc6ccccc56)c(-c5ccccc5)c4)c3)cc2-c2ccccc2)cc1. The molecule has 48 heavy (non-hydrogen) atoms. The lowest BCUT2D eigenvalue weighted by Crippen LogP contribution is -1.95. The van der Waals surface area contributed by atoms with E-state index >= 15 is 0 Å². The van der Waals surface area contributed by atoms with Crippen LogP contribution in [0.25, 0.3) is 55.3 Å². The first kappa shape index (κ1) is 29.1. The Balaban J connectivity index is 1.18. The fourth-order valence-electron chi connectivity index (χ4n) is 6.41. The van der Waals surface area contributed by atoms with Gasteiger partial charge in [-0.25, -0.2) is 0 Å². The zero-order valence-electron chi connectivity index (χ0n) is 26.5. The summed E-state index contributed by atoms with van der Waals surface area (Å²) < 4.78 is 0. The van der Waals surface area contributed by atoms with Crippen molar-refractivity contribution in [2.24, 2.45) is 0 Å². The van der Waals surface area contributed by atoms with Gasteiger partial charge in [-0.3, -0.25) is 0 Å². The van der Waals surface area contributed by atoms with Gasteiger partial charge in [0.2, 0.25) is 0 Å². The zero-order chi connectivity index (χ0) is 32.1. The van der Waals surface area contributed by atoms with Crippen LogP contribution in [0.3, 0.4) is 0 Å². The summed E-state index contributed by atoms with van der Waals surface area (Å²) in [4.78, 5) is 0. The zero-order valence-corrected chi connectivity index (χ0v) is 26.5. The summed E-state index contributed by atoms with van der Waals surface area (Å²) in [5, 5.41) is 9.83. The van der Waals surface area contributed by atoms with Crippen molar-refractivity contribution in [3.63, 3.8) is 0 Å². The highest BCUT2D eigenvalue weighted by Gasteiger charge is 2.12. The van der Waals surface area contributed by atoms with Gasteiger partial charge < -0.3 is 10.6 Å². The van der Waals surface area contributed by atoms with Gasteiger partial charge in [-0.2, -0.15) is 0 Å². The predicted octanol–water partition coefficient (Wildman–Crippen LogP) is 13.0. The fraction of sp³-hybridized carbons (Fsp3) is 0. The normalized spacial score (nSPS) is 10.9. The molecule has 8 aromatic rings. The van der Waals surface area contributed by atoms with E-state index < -0.39 is 0 Å². The maximum absolute atomic E-state index is 3.77. The number of para-hydroxylation sites is 1. The number of rotatable bonds is 8. The average molecular weight is 615 g/mol. The molecule has 0 unspecified atom stereocenters. The summed E-state index contributed by atoms with van der Waals surface area (Å²) in [6.45, 7) is 0. The molecular formula is C46H34N2. The highest BCUT2D eigenvalue weighted by Crippen LogP contribution is 2.39. The molecule has 8 aromatic carbocycles. The topological polar surface area (TPSA) is 24.1 Å². The molecule has 0 bridgehead atoms. The van der Waals surface area contributed by atoms with Gasteiger partial charge >= 0.3 is 0 Å². The monoisotopic (exact) mass is 614 g/mol. The first-order valence-corrected chi connectivity index (χ1v) is 16.4. The van der Waals surface area contributed by atoms with E-state index in [9.17, 15) is 0 Å². The lowest BCUT2D eigenvalue weighted by Gasteiger charge is -2.17. The van der Waals surface area contributed by atoms with E-state index in [0.29, 0.717) is 0 Å². The smallest absolute Gasteiger partial charge is 0.0464 e. The molecule has 0 fully saturated rings. The third kappa shape index (κ3) is 6.08. The number of fused-ring (bicyclic) bond motifs is 1. The second-order valence-electron chi connectivity index (χ2n) is 12.0. The maximum atomic E-state index is 3.77. The molecule has 8 rings (SSSR count). The van der Waals surface area contributed by atoms with Crippen LogP contribution in [0.4, 0.5) is 22.7 Å². The van der Waals surface area contributed by atoms with Gasteiger partial charge in [0.25, 0.3) is 0 Å². The Morgan fingerprint density at radius 3 is 1.35 bits per heavy atom. The van der Waals surface area contributed by atoms with Crippen molar-refractivity contribution in [1.82, 2.24) is 0 Å². The third-order valence-electron chi connectivity index (χ3n) is 8.85. The van der Waals surface area contributed by atoms with Crippen LogP contribution in [0.2, 0.25) is 0 Å². The summed E-state index contributed by atoms with van der Waals surface area (Å²) in [5.74, 6) is 0. The van der Waals surface area contributed by atoms with Crippen molar-refractivity contribution in [3.05, 3.63) is 194 Å². The van der Waals surface area contributed by atoms with Crippen molar-refractivity contribution < 1.29 is 0 Å². The molecule has 0 heterocycles. The van der Waals surface area contributed by atoms with E-state index in [4.69, 9.17) is 0 Å². The van der Waals surface area contributed by atoms with E-state index in [-0.39, 0.29) is 0 Å². The van der Waals surface area contributed by atoms with Gasteiger partial charge in [0, 0.05) is 39.3 Å². The number of benzene rings is 8. The van der Waals surface area contributed by atoms with Crippen molar-refractivity contribution in [2.75, 3.05) is 10.6 Å². The molecule has 2 heteroatoms. The largest absolute Gasteiger partial charge is 0.355 e. The Morgan fingerprint density at radius 2 is 0.729 bits per heavy atom. The Labute approximate surface area is 282 Å². The van der Waals surface area contributed by atoms with Crippen LogP contribution in [0, 0.1) is 0 Å². The lowest BCUT2D eigenvalue weighted by atomic mass is 9.93. The van der Waals surface area contributed by atoms with Crippen LogP contribution in [0.15, 0.2) is 194 Å². The Kier molecular flexibility index (Phi) is 7.96. The molecule has 0 saturated heterocycles. The minimum absolute atomic E-state index is 1.07. The molecule has 0 radical (unpaired) electrons. The fourth-order valence-corrected chi connectivity index (χ4v) is 6.41. The van der Waals surface area contributed by atoms with Gasteiger partial charge in [-0.05, 0) is 87.3 Å². The minimum atomic E-state index is 1.07. The summed E-state index contributed by atoms with van der Waals surface area (Å²) in [5.41, 5.74) is 13.7. The summed E-state index contributed by atoms with van der Waals surface area (Å²) in [6, 6.07) is 68.8. The minimum Gasteiger partial charge on any atom is -0.355 e. The van der Waals surface area contributed by atoms with Crippen molar-refractivity contribution in [3.8, 4) is 44.5 Å². The lowest BCUT2D eigenvalue weighted by molar-refractivity contribution is 1.52. The Morgan fingerprint density at radius 1 is 0.271 bits per heavy atom. The number of anilines is 4. The van der Waals surface area contributed by atoms with Gasteiger partial charge in [0.05, 0.1) is 0 Å². The summed E-state index contributed by atoms with van der Waals surface area (Å²) >= 11 is 0. The van der Waals surface area contributed by atoms with Crippen molar-refractivity contribution in [2.45, 2.75) is 0 Å². The average Bonchev–Trinajstić information content (AvgIpc) is 3.16. The molecular weight excluding hydrogens is 581 g/mol. The molecule has 0 aliphatic rings. The molecule has 0 spiro atoms. The van der Waals surface area contributed by atoms with E-state index in [1.165, 1.54) is 44.2 Å². The van der Waals surface area contributed by atoms with Crippen LogP contribution in [-0.4, -0.2) is 0 Å². The van der Waals surface area contributed by atoms with Gasteiger partial charge in [-0.1, -0.05) is 146 Å². The van der Waals surface area contributed by atoms with E-state index in [0.717, 1.165) is 33.9 Å². The van der Waals surface area contributed by atoms with Crippen molar-refractivity contribution >= 4 is 33.5 Å². The molecule has 228 valence electrons. The second kappa shape index (κ2) is 13.2. The van der Waals surface area contributed by atoms with Crippen LogP contribution in [-0.2, 0) is 0 Å².